The van der Waals surface area contributed by atoms with Gasteiger partial charge in [-0.3, -0.25) is 0 Å². The maximum Gasteiger partial charge on any atom is 0.243 e. The van der Waals surface area contributed by atoms with Crippen LogP contribution in [-0.2, 0) is 10.0 Å². The molecule has 0 radical (unpaired) electrons. The molecular formula is C20H20FN3O2S. The zero-order valence-electron chi connectivity index (χ0n) is 14.9. The van der Waals surface area contributed by atoms with Crippen LogP contribution in [0.5, 0.6) is 0 Å². The molecule has 7 heteroatoms. The Labute approximate surface area is 158 Å². The molecule has 2 aromatic carbocycles. The van der Waals surface area contributed by atoms with Gasteiger partial charge in [0.15, 0.2) is 0 Å². The first-order chi connectivity index (χ1) is 13.0. The van der Waals surface area contributed by atoms with E-state index in [1.54, 1.807) is 0 Å². The maximum atomic E-state index is 13.5. The van der Waals surface area contributed by atoms with Crippen molar-refractivity contribution in [2.24, 2.45) is 0 Å². The summed E-state index contributed by atoms with van der Waals surface area (Å²) in [6.45, 7) is 2.72. The molecule has 1 fully saturated rings. The normalized spacial score (nSPS) is 18.1. The molecule has 0 spiro atoms. The lowest BCUT2D eigenvalue weighted by Gasteiger charge is -2.20. The van der Waals surface area contributed by atoms with E-state index >= 15 is 0 Å². The van der Waals surface area contributed by atoms with Crippen molar-refractivity contribution in [3.05, 3.63) is 72.3 Å². The first-order valence-electron chi connectivity index (χ1n) is 8.82. The van der Waals surface area contributed by atoms with Gasteiger partial charge < -0.3 is 4.57 Å². The van der Waals surface area contributed by atoms with E-state index in [4.69, 9.17) is 0 Å². The molecule has 1 atom stereocenters. The number of aryl methyl sites for hydroxylation is 1. The van der Waals surface area contributed by atoms with E-state index in [-0.39, 0.29) is 10.9 Å². The molecule has 1 unspecified atom stereocenters. The van der Waals surface area contributed by atoms with Gasteiger partial charge in [0, 0.05) is 30.5 Å². The second-order valence-electron chi connectivity index (χ2n) is 6.72. The predicted molar refractivity (Wildman–Crippen MR) is 101 cm³/mol. The van der Waals surface area contributed by atoms with Crippen molar-refractivity contribution in [1.82, 2.24) is 13.9 Å². The third-order valence-corrected chi connectivity index (χ3v) is 6.80. The average Bonchev–Trinajstić information content (AvgIpc) is 3.29. The molecule has 4 rings (SSSR count). The first-order valence-corrected chi connectivity index (χ1v) is 10.3. The van der Waals surface area contributed by atoms with E-state index in [1.165, 1.54) is 22.5 Å². The van der Waals surface area contributed by atoms with Gasteiger partial charge in [-0.1, -0.05) is 36.4 Å². The number of imidazole rings is 1. The smallest absolute Gasteiger partial charge is 0.243 e. The second kappa shape index (κ2) is 6.90. The second-order valence-corrected chi connectivity index (χ2v) is 8.66. The summed E-state index contributed by atoms with van der Waals surface area (Å²) in [7, 11) is -3.72. The van der Waals surface area contributed by atoms with E-state index < -0.39 is 15.8 Å². The average molecular weight is 385 g/mol. The molecular weight excluding hydrogens is 365 g/mol. The molecule has 0 N–H and O–H groups in total. The van der Waals surface area contributed by atoms with Crippen LogP contribution in [0.25, 0.3) is 11.4 Å². The Morgan fingerprint density at radius 1 is 1.11 bits per heavy atom. The van der Waals surface area contributed by atoms with Crippen molar-refractivity contribution in [3.63, 3.8) is 0 Å². The largest absolute Gasteiger partial charge is 0.324 e. The monoisotopic (exact) mass is 385 g/mol. The standard InChI is InChI=1S/C20H20FN3O2S/c1-15-13-22-20(16-6-3-2-4-7-16)24(15)18-10-11-23(14-18)27(25,26)19-9-5-8-17(21)12-19/h2-9,12-13,18H,10-11,14H2,1H3. The number of benzene rings is 2. The highest BCUT2D eigenvalue weighted by Gasteiger charge is 2.34. The van der Waals surface area contributed by atoms with Gasteiger partial charge in [0.1, 0.15) is 11.6 Å². The summed E-state index contributed by atoms with van der Waals surface area (Å²) in [6, 6.07) is 15.0. The van der Waals surface area contributed by atoms with Crippen molar-refractivity contribution >= 4 is 10.0 Å². The first kappa shape index (κ1) is 17.9. The summed E-state index contributed by atoms with van der Waals surface area (Å²) in [5.74, 6) is 0.284. The van der Waals surface area contributed by atoms with Gasteiger partial charge in [0.25, 0.3) is 0 Å². The molecule has 5 nitrogen and oxygen atoms in total. The van der Waals surface area contributed by atoms with Crippen LogP contribution in [-0.4, -0.2) is 35.4 Å². The minimum atomic E-state index is -3.72. The summed E-state index contributed by atoms with van der Waals surface area (Å²) < 4.78 is 42.8. The molecule has 0 bridgehead atoms. The van der Waals surface area contributed by atoms with Crippen LogP contribution < -0.4 is 0 Å². The topological polar surface area (TPSA) is 55.2 Å². The summed E-state index contributed by atoms with van der Waals surface area (Å²) in [6.07, 6.45) is 2.50. The van der Waals surface area contributed by atoms with E-state index in [2.05, 4.69) is 9.55 Å². The molecule has 3 aromatic rings. The SMILES string of the molecule is Cc1cnc(-c2ccccc2)n1C1CCN(S(=O)(=O)c2cccc(F)c2)C1. The van der Waals surface area contributed by atoms with Gasteiger partial charge >= 0.3 is 0 Å². The molecule has 27 heavy (non-hydrogen) atoms. The molecule has 140 valence electrons. The Bertz CT molecular complexity index is 1060. The van der Waals surface area contributed by atoms with E-state index in [9.17, 15) is 12.8 Å². The van der Waals surface area contributed by atoms with Crippen LogP contribution >= 0.6 is 0 Å². The van der Waals surface area contributed by atoms with Crippen LogP contribution in [0.1, 0.15) is 18.2 Å². The number of sulfonamides is 1. The fourth-order valence-electron chi connectivity index (χ4n) is 3.62. The lowest BCUT2D eigenvalue weighted by molar-refractivity contribution is 0.450. The number of hydrogen-bond acceptors (Lipinski definition) is 3. The van der Waals surface area contributed by atoms with Crippen LogP contribution in [0.4, 0.5) is 4.39 Å². The van der Waals surface area contributed by atoms with Crippen molar-refractivity contribution in [2.45, 2.75) is 24.3 Å². The van der Waals surface area contributed by atoms with Crippen molar-refractivity contribution in [2.75, 3.05) is 13.1 Å². The van der Waals surface area contributed by atoms with Gasteiger partial charge in [-0.15, -0.1) is 0 Å². The van der Waals surface area contributed by atoms with E-state index in [1.807, 2.05) is 43.5 Å². The molecule has 2 heterocycles. The highest BCUT2D eigenvalue weighted by atomic mass is 32.2. The number of halogens is 1. The Morgan fingerprint density at radius 2 is 1.89 bits per heavy atom. The minimum Gasteiger partial charge on any atom is -0.324 e. The molecule has 1 aromatic heterocycles. The zero-order chi connectivity index (χ0) is 19.0. The number of rotatable bonds is 4. The van der Waals surface area contributed by atoms with E-state index in [0.717, 1.165) is 23.1 Å². The van der Waals surface area contributed by atoms with Gasteiger partial charge in [0.2, 0.25) is 10.0 Å². The molecule has 0 aliphatic carbocycles. The fourth-order valence-corrected chi connectivity index (χ4v) is 5.15. The molecule has 0 amide bonds. The summed E-state index contributed by atoms with van der Waals surface area (Å²) in [5.41, 5.74) is 1.99. The van der Waals surface area contributed by atoms with Gasteiger partial charge in [-0.25, -0.2) is 17.8 Å². The Hall–Kier alpha value is -2.51. The fraction of sp³-hybridized carbons (Fsp3) is 0.250. The van der Waals surface area contributed by atoms with Gasteiger partial charge in [-0.05, 0) is 31.5 Å². The highest BCUT2D eigenvalue weighted by Crippen LogP contribution is 2.32. The Balaban J connectivity index is 1.64. The maximum absolute atomic E-state index is 13.5. The lowest BCUT2D eigenvalue weighted by Crippen LogP contribution is -2.29. The molecule has 1 saturated heterocycles. The quantitative estimate of drug-likeness (QED) is 0.689. The van der Waals surface area contributed by atoms with Crippen molar-refractivity contribution in [3.8, 4) is 11.4 Å². The van der Waals surface area contributed by atoms with Gasteiger partial charge in [-0.2, -0.15) is 4.31 Å². The summed E-state index contributed by atoms with van der Waals surface area (Å²) in [5, 5.41) is 0. The molecule has 1 aliphatic heterocycles. The highest BCUT2D eigenvalue weighted by molar-refractivity contribution is 7.89. The number of nitrogens with zero attached hydrogens (tertiary/aromatic N) is 3. The van der Waals surface area contributed by atoms with Crippen molar-refractivity contribution in [1.29, 1.82) is 0 Å². The molecule has 0 saturated carbocycles. The van der Waals surface area contributed by atoms with Crippen LogP contribution in [0.3, 0.4) is 0 Å². The Morgan fingerprint density at radius 3 is 2.63 bits per heavy atom. The predicted octanol–water partition coefficient (Wildman–Crippen LogP) is 3.63. The van der Waals surface area contributed by atoms with Gasteiger partial charge in [0.05, 0.1) is 10.9 Å². The van der Waals surface area contributed by atoms with Crippen molar-refractivity contribution < 1.29 is 12.8 Å². The van der Waals surface area contributed by atoms with Crippen LogP contribution in [0.2, 0.25) is 0 Å². The minimum absolute atomic E-state index is 0.00575. The van der Waals surface area contributed by atoms with Crippen LogP contribution in [0, 0.1) is 12.7 Å². The third kappa shape index (κ3) is 3.28. The third-order valence-electron chi connectivity index (χ3n) is 4.94. The lowest BCUT2D eigenvalue weighted by atomic mass is 10.2. The summed E-state index contributed by atoms with van der Waals surface area (Å²) >= 11 is 0. The number of hydrogen-bond donors (Lipinski definition) is 0. The number of aromatic nitrogens is 2. The summed E-state index contributed by atoms with van der Waals surface area (Å²) in [4.78, 5) is 4.53. The zero-order valence-corrected chi connectivity index (χ0v) is 15.7. The molecule has 1 aliphatic rings. The van der Waals surface area contributed by atoms with E-state index in [0.29, 0.717) is 19.5 Å². The van der Waals surface area contributed by atoms with Crippen LogP contribution in [0.15, 0.2) is 65.7 Å². The Kier molecular flexibility index (Phi) is 4.57.